The van der Waals surface area contributed by atoms with Crippen molar-refractivity contribution in [2.75, 3.05) is 13.2 Å². The molecule has 0 saturated carbocycles. The molecule has 0 amide bonds. The summed E-state index contributed by atoms with van der Waals surface area (Å²) in [6.45, 7) is 6.51. The van der Waals surface area contributed by atoms with Gasteiger partial charge in [0.1, 0.15) is 5.69 Å². The predicted octanol–water partition coefficient (Wildman–Crippen LogP) is 1.76. The Morgan fingerprint density at radius 1 is 1.24 bits per heavy atom. The Morgan fingerprint density at radius 3 is 2.35 bits per heavy atom. The van der Waals surface area contributed by atoms with Gasteiger partial charge >= 0.3 is 0 Å². The Balaban J connectivity index is 2.67. The Morgan fingerprint density at radius 2 is 1.82 bits per heavy atom. The summed E-state index contributed by atoms with van der Waals surface area (Å²) in [5.74, 6) is -0.109. The van der Waals surface area contributed by atoms with Crippen LogP contribution in [0.15, 0.2) is 12.4 Å². The van der Waals surface area contributed by atoms with Crippen LogP contribution < -0.4 is 0 Å². The Kier molecular flexibility index (Phi) is 5.72. The molecule has 0 aliphatic rings. The molecule has 0 aliphatic carbocycles. The lowest BCUT2D eigenvalue weighted by atomic mass is 10.1. The van der Waals surface area contributed by atoms with Gasteiger partial charge < -0.3 is 9.47 Å². The van der Waals surface area contributed by atoms with Crippen LogP contribution in [0.2, 0.25) is 0 Å². The second kappa shape index (κ2) is 7.09. The number of ether oxygens (including phenoxy) is 2. The molecule has 1 heterocycles. The van der Waals surface area contributed by atoms with Crippen molar-refractivity contribution in [3.8, 4) is 0 Å². The Bertz CT molecular complexity index is 363. The molecule has 5 heteroatoms. The molecule has 0 aromatic carbocycles. The van der Waals surface area contributed by atoms with Gasteiger partial charge in [0.25, 0.3) is 0 Å². The van der Waals surface area contributed by atoms with Crippen molar-refractivity contribution in [1.29, 1.82) is 0 Å². The quantitative estimate of drug-likeness (QED) is 0.535. The van der Waals surface area contributed by atoms with Gasteiger partial charge in [0, 0.05) is 25.6 Å². The fourth-order valence-corrected chi connectivity index (χ4v) is 1.47. The highest BCUT2D eigenvalue weighted by Crippen LogP contribution is 2.09. The first-order valence-electron chi connectivity index (χ1n) is 5.73. The number of hydrogen-bond acceptors (Lipinski definition) is 5. The highest BCUT2D eigenvalue weighted by Gasteiger charge is 2.18. The molecule has 1 aromatic rings. The minimum Gasteiger partial charge on any atom is -0.352 e. The third kappa shape index (κ3) is 4.20. The summed E-state index contributed by atoms with van der Waals surface area (Å²) in [4.78, 5) is 20.0. The lowest BCUT2D eigenvalue weighted by Crippen LogP contribution is -2.22. The molecule has 0 atom stereocenters. The van der Waals surface area contributed by atoms with Crippen LogP contribution in [0.1, 0.15) is 36.5 Å². The van der Waals surface area contributed by atoms with Crippen molar-refractivity contribution in [1.82, 2.24) is 9.97 Å². The van der Waals surface area contributed by atoms with E-state index in [-0.39, 0.29) is 12.2 Å². The van der Waals surface area contributed by atoms with Gasteiger partial charge in [0.05, 0.1) is 12.1 Å². The fourth-order valence-electron chi connectivity index (χ4n) is 1.47. The topological polar surface area (TPSA) is 61.3 Å². The summed E-state index contributed by atoms with van der Waals surface area (Å²) < 4.78 is 10.6. The number of Topliss-reactive ketones (excluding diaryl/α,β-unsaturated/α-hetero) is 1. The van der Waals surface area contributed by atoms with Gasteiger partial charge in [-0.05, 0) is 20.8 Å². The third-order valence-corrected chi connectivity index (χ3v) is 2.20. The first-order valence-corrected chi connectivity index (χ1v) is 5.73. The number of hydrogen-bond donors (Lipinski definition) is 0. The van der Waals surface area contributed by atoms with Crippen LogP contribution in [-0.4, -0.2) is 35.3 Å². The lowest BCUT2D eigenvalue weighted by molar-refractivity contribution is -0.133. The predicted molar refractivity (Wildman–Crippen MR) is 62.8 cm³/mol. The highest BCUT2D eigenvalue weighted by molar-refractivity contribution is 5.95. The average Bonchev–Trinajstić information content (AvgIpc) is 2.30. The van der Waals surface area contributed by atoms with E-state index in [1.165, 1.54) is 6.20 Å². The first-order chi connectivity index (χ1) is 8.19. The van der Waals surface area contributed by atoms with Crippen LogP contribution in [0, 0.1) is 6.92 Å². The molecule has 1 aromatic heterocycles. The van der Waals surface area contributed by atoms with Gasteiger partial charge in [-0.15, -0.1) is 0 Å². The van der Waals surface area contributed by atoms with E-state index in [0.29, 0.717) is 24.6 Å². The molecule has 0 spiro atoms. The minimum absolute atomic E-state index is 0.109. The molecule has 5 nitrogen and oxygen atoms in total. The van der Waals surface area contributed by atoms with Crippen molar-refractivity contribution in [3.63, 3.8) is 0 Å². The molecular formula is C12H18N2O3. The monoisotopic (exact) mass is 238 g/mol. The standard InChI is InChI=1S/C12H18N2O3/c1-4-16-11(17-5-2)8-10(15)12-9(3)13-6-7-14-12/h6-7,11H,4-5,8H2,1-3H3. The lowest BCUT2D eigenvalue weighted by Gasteiger charge is -2.15. The Labute approximate surface area is 101 Å². The molecule has 0 saturated heterocycles. The molecule has 0 radical (unpaired) electrons. The van der Waals surface area contributed by atoms with E-state index in [0.717, 1.165) is 0 Å². The molecule has 17 heavy (non-hydrogen) atoms. The van der Waals surface area contributed by atoms with Gasteiger partial charge in [-0.25, -0.2) is 4.98 Å². The molecule has 0 unspecified atom stereocenters. The van der Waals surface area contributed by atoms with E-state index < -0.39 is 6.29 Å². The van der Waals surface area contributed by atoms with Crippen molar-refractivity contribution < 1.29 is 14.3 Å². The van der Waals surface area contributed by atoms with Crippen LogP contribution in [0.3, 0.4) is 0 Å². The van der Waals surface area contributed by atoms with Crippen LogP contribution >= 0.6 is 0 Å². The highest BCUT2D eigenvalue weighted by atomic mass is 16.7. The van der Waals surface area contributed by atoms with Crippen molar-refractivity contribution >= 4 is 5.78 Å². The maximum absolute atomic E-state index is 12.0. The van der Waals surface area contributed by atoms with Crippen molar-refractivity contribution in [3.05, 3.63) is 23.8 Å². The number of carbonyl (C=O) groups excluding carboxylic acids is 1. The molecule has 0 fully saturated rings. The average molecular weight is 238 g/mol. The van der Waals surface area contributed by atoms with Gasteiger partial charge in [0.2, 0.25) is 0 Å². The summed E-state index contributed by atoms with van der Waals surface area (Å²) in [6, 6.07) is 0. The zero-order valence-corrected chi connectivity index (χ0v) is 10.5. The zero-order valence-electron chi connectivity index (χ0n) is 10.5. The smallest absolute Gasteiger partial charge is 0.188 e. The maximum atomic E-state index is 12.0. The van der Waals surface area contributed by atoms with Gasteiger partial charge in [-0.2, -0.15) is 0 Å². The number of aryl methyl sites for hydroxylation is 1. The maximum Gasteiger partial charge on any atom is 0.188 e. The van der Waals surface area contributed by atoms with E-state index in [2.05, 4.69) is 9.97 Å². The van der Waals surface area contributed by atoms with Gasteiger partial charge in [-0.1, -0.05) is 0 Å². The van der Waals surface area contributed by atoms with E-state index in [9.17, 15) is 4.79 Å². The summed E-state index contributed by atoms with van der Waals surface area (Å²) >= 11 is 0. The second-order valence-electron chi connectivity index (χ2n) is 3.46. The molecule has 1 rings (SSSR count). The molecule has 94 valence electrons. The molecule has 0 aliphatic heterocycles. The number of carbonyl (C=O) groups is 1. The van der Waals surface area contributed by atoms with Crippen LogP contribution in [0.5, 0.6) is 0 Å². The molecule has 0 bridgehead atoms. The number of ketones is 1. The summed E-state index contributed by atoms with van der Waals surface area (Å²) in [7, 11) is 0. The third-order valence-electron chi connectivity index (χ3n) is 2.20. The van der Waals surface area contributed by atoms with E-state index in [1.54, 1.807) is 13.1 Å². The summed E-state index contributed by atoms with van der Waals surface area (Å²) in [5.41, 5.74) is 1.01. The van der Waals surface area contributed by atoms with E-state index in [4.69, 9.17) is 9.47 Å². The SMILES string of the molecule is CCOC(CC(=O)c1nccnc1C)OCC. The number of nitrogens with zero attached hydrogens (tertiary/aromatic N) is 2. The Hall–Kier alpha value is -1.33. The number of aromatic nitrogens is 2. The van der Waals surface area contributed by atoms with Gasteiger partial charge in [0.15, 0.2) is 12.1 Å². The van der Waals surface area contributed by atoms with Crippen LogP contribution in [0.25, 0.3) is 0 Å². The minimum atomic E-state index is -0.501. The summed E-state index contributed by atoms with van der Waals surface area (Å²) in [5, 5.41) is 0. The molecular weight excluding hydrogens is 220 g/mol. The van der Waals surface area contributed by atoms with Crippen LogP contribution in [0.4, 0.5) is 0 Å². The van der Waals surface area contributed by atoms with E-state index >= 15 is 0 Å². The largest absolute Gasteiger partial charge is 0.352 e. The van der Waals surface area contributed by atoms with E-state index in [1.807, 2.05) is 13.8 Å². The molecule has 0 N–H and O–H groups in total. The first kappa shape index (κ1) is 13.7. The second-order valence-corrected chi connectivity index (χ2v) is 3.46. The normalized spacial score (nSPS) is 10.8. The number of rotatable bonds is 7. The van der Waals surface area contributed by atoms with Gasteiger partial charge in [-0.3, -0.25) is 9.78 Å². The van der Waals surface area contributed by atoms with Crippen molar-refractivity contribution in [2.45, 2.75) is 33.5 Å². The van der Waals surface area contributed by atoms with Crippen LogP contribution in [-0.2, 0) is 9.47 Å². The summed E-state index contributed by atoms with van der Waals surface area (Å²) in [6.07, 6.45) is 2.74. The zero-order chi connectivity index (χ0) is 12.7. The van der Waals surface area contributed by atoms with Crippen molar-refractivity contribution in [2.24, 2.45) is 0 Å². The fraction of sp³-hybridized carbons (Fsp3) is 0.583.